The third-order valence-electron chi connectivity index (χ3n) is 2.14. The highest BCUT2D eigenvalue weighted by atomic mass is 32.1. The summed E-state index contributed by atoms with van der Waals surface area (Å²) in [5.41, 5.74) is -0.179. The molecular weight excluding hydrogens is 272 g/mol. The third-order valence-corrected chi connectivity index (χ3v) is 4.13. The molecule has 2 rings (SSSR count). The van der Waals surface area contributed by atoms with Gasteiger partial charge in [0.25, 0.3) is 0 Å². The molecule has 2 N–H and O–H groups in total. The standard InChI is InChI=1S/C11H10N2O3S2/c1-6(14)9-8(10(15)16)13-11(18-9)12-5-7-3-2-4-17-7/h2-4H,5H2,1H3,(H,12,13)(H,15,16). The van der Waals surface area contributed by atoms with Crippen LogP contribution in [0.5, 0.6) is 0 Å². The molecule has 0 fully saturated rings. The Morgan fingerprint density at radius 1 is 1.50 bits per heavy atom. The maximum absolute atomic E-state index is 11.3. The lowest BCUT2D eigenvalue weighted by molar-refractivity contribution is 0.0687. The van der Waals surface area contributed by atoms with E-state index in [2.05, 4.69) is 10.3 Å². The zero-order valence-corrected chi connectivity index (χ0v) is 11.1. The second-order valence-corrected chi connectivity index (χ2v) is 5.52. The summed E-state index contributed by atoms with van der Waals surface area (Å²) in [7, 11) is 0. The van der Waals surface area contributed by atoms with Crippen LogP contribution in [0.4, 0.5) is 5.13 Å². The van der Waals surface area contributed by atoms with Gasteiger partial charge in [0.1, 0.15) is 4.88 Å². The lowest BCUT2D eigenvalue weighted by Crippen LogP contribution is -2.04. The number of thiazole rings is 1. The van der Waals surface area contributed by atoms with E-state index in [-0.39, 0.29) is 16.4 Å². The Kier molecular flexibility index (Phi) is 3.73. The summed E-state index contributed by atoms with van der Waals surface area (Å²) in [6.45, 7) is 1.91. The van der Waals surface area contributed by atoms with Gasteiger partial charge in [0.15, 0.2) is 16.6 Å². The van der Waals surface area contributed by atoms with Crippen molar-refractivity contribution in [1.29, 1.82) is 0 Å². The first kappa shape index (κ1) is 12.7. The normalized spacial score (nSPS) is 10.3. The molecule has 94 valence electrons. The second kappa shape index (κ2) is 5.28. The summed E-state index contributed by atoms with van der Waals surface area (Å²) in [5, 5.41) is 14.4. The van der Waals surface area contributed by atoms with Crippen molar-refractivity contribution in [2.45, 2.75) is 13.5 Å². The minimum atomic E-state index is -1.18. The van der Waals surface area contributed by atoms with E-state index in [9.17, 15) is 9.59 Å². The number of Topliss-reactive ketones (excluding diaryl/α,β-unsaturated/α-hetero) is 1. The number of carboxylic acid groups (broad SMARTS) is 1. The summed E-state index contributed by atoms with van der Waals surface area (Å²) in [4.78, 5) is 27.5. The summed E-state index contributed by atoms with van der Waals surface area (Å²) in [5.74, 6) is -1.46. The number of nitrogens with one attached hydrogen (secondary N) is 1. The number of hydrogen-bond donors (Lipinski definition) is 2. The van der Waals surface area contributed by atoms with Crippen molar-refractivity contribution in [1.82, 2.24) is 4.98 Å². The van der Waals surface area contributed by atoms with Crippen LogP contribution in [0, 0.1) is 0 Å². The van der Waals surface area contributed by atoms with Crippen LogP contribution in [0.3, 0.4) is 0 Å². The largest absolute Gasteiger partial charge is 0.476 e. The molecule has 0 bridgehead atoms. The first-order valence-corrected chi connectivity index (χ1v) is 6.79. The van der Waals surface area contributed by atoms with Gasteiger partial charge in [0, 0.05) is 11.8 Å². The Morgan fingerprint density at radius 3 is 2.78 bits per heavy atom. The van der Waals surface area contributed by atoms with Crippen LogP contribution in [-0.2, 0) is 6.54 Å². The van der Waals surface area contributed by atoms with Crippen LogP contribution < -0.4 is 5.32 Å². The van der Waals surface area contributed by atoms with Crippen LogP contribution in [0.25, 0.3) is 0 Å². The number of thiophene rings is 1. The summed E-state index contributed by atoms with van der Waals surface area (Å²) >= 11 is 2.67. The van der Waals surface area contributed by atoms with Crippen LogP contribution in [0.2, 0.25) is 0 Å². The van der Waals surface area contributed by atoms with Crippen molar-refractivity contribution < 1.29 is 14.7 Å². The Labute approximate surface area is 111 Å². The molecule has 0 aliphatic heterocycles. The number of hydrogen-bond acceptors (Lipinski definition) is 6. The Balaban J connectivity index is 2.16. The van der Waals surface area contributed by atoms with E-state index in [1.807, 2.05) is 17.5 Å². The van der Waals surface area contributed by atoms with E-state index in [0.29, 0.717) is 11.7 Å². The zero-order chi connectivity index (χ0) is 13.1. The molecule has 0 saturated carbocycles. The molecule has 0 spiro atoms. The van der Waals surface area contributed by atoms with E-state index in [1.54, 1.807) is 11.3 Å². The molecule has 2 aromatic rings. The highest BCUT2D eigenvalue weighted by molar-refractivity contribution is 7.17. The van der Waals surface area contributed by atoms with Crippen molar-refractivity contribution in [3.05, 3.63) is 33.0 Å². The van der Waals surface area contributed by atoms with Crippen LogP contribution in [-0.4, -0.2) is 21.8 Å². The van der Waals surface area contributed by atoms with Crippen molar-refractivity contribution in [3.8, 4) is 0 Å². The summed E-state index contributed by atoms with van der Waals surface area (Å²) in [6, 6.07) is 3.91. The Hall–Kier alpha value is -1.73. The van der Waals surface area contributed by atoms with Gasteiger partial charge in [-0.25, -0.2) is 9.78 Å². The Morgan fingerprint density at radius 2 is 2.28 bits per heavy atom. The van der Waals surface area contributed by atoms with Gasteiger partial charge < -0.3 is 10.4 Å². The first-order chi connectivity index (χ1) is 8.58. The number of aromatic nitrogens is 1. The molecule has 5 nitrogen and oxygen atoms in total. The Bertz CT molecular complexity index is 544. The molecule has 2 aromatic heterocycles. The number of anilines is 1. The predicted octanol–water partition coefficient (Wildman–Crippen LogP) is 2.72. The first-order valence-electron chi connectivity index (χ1n) is 5.09. The van der Waals surface area contributed by atoms with Gasteiger partial charge in [-0.1, -0.05) is 17.4 Å². The molecule has 7 heteroatoms. The van der Waals surface area contributed by atoms with Crippen molar-refractivity contribution in [2.24, 2.45) is 0 Å². The minimum Gasteiger partial charge on any atom is -0.476 e. The monoisotopic (exact) mass is 282 g/mol. The topological polar surface area (TPSA) is 79.3 Å². The number of carboxylic acids is 1. The van der Waals surface area contributed by atoms with Gasteiger partial charge in [-0.2, -0.15) is 0 Å². The van der Waals surface area contributed by atoms with Crippen molar-refractivity contribution >= 4 is 39.6 Å². The van der Waals surface area contributed by atoms with Gasteiger partial charge >= 0.3 is 5.97 Å². The molecule has 0 radical (unpaired) electrons. The average molecular weight is 282 g/mol. The average Bonchev–Trinajstić information content (AvgIpc) is 2.95. The van der Waals surface area contributed by atoms with Gasteiger partial charge in [-0.15, -0.1) is 11.3 Å². The van der Waals surface area contributed by atoms with Crippen molar-refractivity contribution in [2.75, 3.05) is 5.32 Å². The molecule has 0 aliphatic carbocycles. The fraction of sp³-hybridized carbons (Fsp3) is 0.182. The predicted molar refractivity (Wildman–Crippen MR) is 70.7 cm³/mol. The smallest absolute Gasteiger partial charge is 0.356 e. The number of rotatable bonds is 5. The van der Waals surface area contributed by atoms with E-state index < -0.39 is 5.97 Å². The number of carbonyl (C=O) groups is 2. The fourth-order valence-corrected chi connectivity index (χ4v) is 2.85. The molecule has 0 aromatic carbocycles. The van der Waals surface area contributed by atoms with Crippen LogP contribution >= 0.6 is 22.7 Å². The fourth-order valence-electron chi connectivity index (χ4n) is 1.36. The lowest BCUT2D eigenvalue weighted by atomic mass is 10.3. The van der Waals surface area contributed by atoms with Gasteiger partial charge in [-0.3, -0.25) is 4.79 Å². The second-order valence-electron chi connectivity index (χ2n) is 3.49. The van der Waals surface area contributed by atoms with Gasteiger partial charge in [0.05, 0.1) is 6.54 Å². The summed E-state index contributed by atoms with van der Waals surface area (Å²) < 4.78 is 0. The van der Waals surface area contributed by atoms with Crippen LogP contribution in [0.15, 0.2) is 17.5 Å². The summed E-state index contributed by atoms with van der Waals surface area (Å²) in [6.07, 6.45) is 0. The lowest BCUT2D eigenvalue weighted by Gasteiger charge is -1.98. The molecule has 0 atom stereocenters. The maximum atomic E-state index is 11.3. The molecular formula is C11H10N2O3S2. The van der Waals surface area contributed by atoms with Crippen LogP contribution in [0.1, 0.15) is 32.0 Å². The number of aromatic carboxylic acids is 1. The SMILES string of the molecule is CC(=O)c1sc(NCc2cccs2)nc1C(=O)O. The van der Waals surface area contributed by atoms with E-state index in [0.717, 1.165) is 16.2 Å². The highest BCUT2D eigenvalue weighted by Crippen LogP contribution is 2.24. The molecule has 18 heavy (non-hydrogen) atoms. The number of nitrogens with zero attached hydrogens (tertiary/aromatic N) is 1. The highest BCUT2D eigenvalue weighted by Gasteiger charge is 2.20. The van der Waals surface area contributed by atoms with Gasteiger partial charge in [0.2, 0.25) is 0 Å². The number of carbonyl (C=O) groups excluding carboxylic acids is 1. The molecule has 2 heterocycles. The molecule has 0 aliphatic rings. The number of ketones is 1. The van der Waals surface area contributed by atoms with Crippen molar-refractivity contribution in [3.63, 3.8) is 0 Å². The molecule has 0 saturated heterocycles. The van der Waals surface area contributed by atoms with E-state index in [1.165, 1.54) is 6.92 Å². The zero-order valence-electron chi connectivity index (χ0n) is 9.47. The van der Waals surface area contributed by atoms with E-state index in [4.69, 9.17) is 5.11 Å². The third kappa shape index (κ3) is 2.74. The minimum absolute atomic E-state index is 0.177. The quantitative estimate of drug-likeness (QED) is 0.824. The van der Waals surface area contributed by atoms with E-state index >= 15 is 0 Å². The van der Waals surface area contributed by atoms with Gasteiger partial charge in [-0.05, 0) is 11.4 Å². The maximum Gasteiger partial charge on any atom is 0.356 e. The molecule has 0 amide bonds. The molecule has 0 unspecified atom stereocenters.